The van der Waals surface area contributed by atoms with Crippen LogP contribution in [0.3, 0.4) is 0 Å². The predicted molar refractivity (Wildman–Crippen MR) is 93.0 cm³/mol. The first-order valence-electron chi connectivity index (χ1n) is 7.96. The summed E-state index contributed by atoms with van der Waals surface area (Å²) in [6, 6.07) is 10.3. The number of hydrogen-bond donors (Lipinski definition) is 1. The van der Waals surface area contributed by atoms with Gasteiger partial charge in [0.15, 0.2) is 11.5 Å². The Kier molecular flexibility index (Phi) is 4.61. The number of rotatable bonds is 4. The van der Waals surface area contributed by atoms with Gasteiger partial charge in [0.25, 0.3) is 5.91 Å². The van der Waals surface area contributed by atoms with Gasteiger partial charge in [-0.25, -0.2) is 0 Å². The third-order valence-electron chi connectivity index (χ3n) is 4.42. The van der Waals surface area contributed by atoms with Gasteiger partial charge in [-0.3, -0.25) is 9.59 Å². The van der Waals surface area contributed by atoms with Crippen LogP contribution in [0.4, 0.5) is 0 Å². The third-order valence-corrected chi connectivity index (χ3v) is 4.42. The van der Waals surface area contributed by atoms with Crippen molar-refractivity contribution in [1.82, 2.24) is 4.90 Å². The van der Waals surface area contributed by atoms with Gasteiger partial charge in [0, 0.05) is 24.2 Å². The molecule has 25 heavy (non-hydrogen) atoms. The first-order valence-corrected chi connectivity index (χ1v) is 7.96. The minimum absolute atomic E-state index is 0.0727. The fourth-order valence-electron chi connectivity index (χ4n) is 3.02. The lowest BCUT2D eigenvalue weighted by molar-refractivity contribution is 0.0734. The predicted octanol–water partition coefficient (Wildman–Crippen LogP) is 2.00. The van der Waals surface area contributed by atoms with Gasteiger partial charge in [-0.2, -0.15) is 0 Å². The Hall–Kier alpha value is -3.02. The second-order valence-electron chi connectivity index (χ2n) is 5.89. The number of methoxy groups -OCH3 is 2. The van der Waals surface area contributed by atoms with Crippen molar-refractivity contribution in [2.24, 2.45) is 5.73 Å². The molecule has 0 atom stereocenters. The number of nitrogens with two attached hydrogens (primary N) is 1. The summed E-state index contributed by atoms with van der Waals surface area (Å²) in [4.78, 5) is 25.6. The van der Waals surface area contributed by atoms with Gasteiger partial charge < -0.3 is 20.1 Å². The van der Waals surface area contributed by atoms with Crippen molar-refractivity contribution in [3.63, 3.8) is 0 Å². The van der Waals surface area contributed by atoms with Crippen molar-refractivity contribution in [1.29, 1.82) is 0 Å². The number of amides is 2. The van der Waals surface area contributed by atoms with E-state index < -0.39 is 5.91 Å². The first kappa shape index (κ1) is 16.8. The van der Waals surface area contributed by atoms with Crippen molar-refractivity contribution in [2.75, 3.05) is 20.8 Å². The Bertz CT molecular complexity index is 815. The van der Waals surface area contributed by atoms with E-state index in [1.165, 1.54) is 0 Å². The van der Waals surface area contributed by atoms with Crippen LogP contribution in [-0.2, 0) is 13.0 Å². The molecule has 1 aliphatic rings. The van der Waals surface area contributed by atoms with E-state index in [1.807, 2.05) is 12.1 Å². The summed E-state index contributed by atoms with van der Waals surface area (Å²) in [6.45, 7) is 1.13. The lowest BCUT2D eigenvalue weighted by Crippen LogP contribution is -2.36. The molecule has 2 amide bonds. The summed E-state index contributed by atoms with van der Waals surface area (Å²) >= 11 is 0. The molecule has 2 aromatic rings. The fraction of sp³-hybridized carbons (Fsp3) is 0.263. The third kappa shape index (κ3) is 3.28. The SMILES string of the molecule is COc1cc2c(cc1OC)CN(C(=O)c1ccc(C(N)=O)cc1)CC2. The van der Waals surface area contributed by atoms with Crippen LogP contribution in [0.2, 0.25) is 0 Å². The van der Waals surface area contributed by atoms with E-state index in [1.54, 1.807) is 43.4 Å². The van der Waals surface area contributed by atoms with E-state index in [0.29, 0.717) is 35.7 Å². The minimum Gasteiger partial charge on any atom is -0.493 e. The second kappa shape index (κ2) is 6.84. The zero-order chi connectivity index (χ0) is 18.0. The van der Waals surface area contributed by atoms with Crippen LogP contribution in [0.1, 0.15) is 31.8 Å². The molecule has 0 radical (unpaired) electrons. The summed E-state index contributed by atoms with van der Waals surface area (Å²) < 4.78 is 10.7. The van der Waals surface area contributed by atoms with Gasteiger partial charge in [-0.1, -0.05) is 0 Å². The van der Waals surface area contributed by atoms with Crippen LogP contribution >= 0.6 is 0 Å². The highest BCUT2D eigenvalue weighted by Crippen LogP contribution is 2.33. The Morgan fingerprint density at radius 3 is 2.08 bits per heavy atom. The molecule has 3 rings (SSSR count). The highest BCUT2D eigenvalue weighted by atomic mass is 16.5. The smallest absolute Gasteiger partial charge is 0.254 e. The van der Waals surface area contributed by atoms with Crippen LogP contribution in [0.25, 0.3) is 0 Å². The molecule has 0 aromatic heterocycles. The number of fused-ring (bicyclic) bond motifs is 1. The van der Waals surface area contributed by atoms with Crippen LogP contribution in [0, 0.1) is 0 Å². The number of carbonyl (C=O) groups is 2. The van der Waals surface area contributed by atoms with Crippen molar-refractivity contribution in [2.45, 2.75) is 13.0 Å². The monoisotopic (exact) mass is 340 g/mol. The Labute approximate surface area is 146 Å². The lowest BCUT2D eigenvalue weighted by Gasteiger charge is -2.29. The van der Waals surface area contributed by atoms with Gasteiger partial charge in [0.05, 0.1) is 14.2 Å². The van der Waals surface area contributed by atoms with Crippen LogP contribution in [0.15, 0.2) is 36.4 Å². The molecule has 2 N–H and O–H groups in total. The maximum absolute atomic E-state index is 12.7. The molecule has 0 fully saturated rings. The van der Waals surface area contributed by atoms with E-state index in [2.05, 4.69) is 0 Å². The summed E-state index contributed by atoms with van der Waals surface area (Å²) in [5.41, 5.74) is 8.36. The zero-order valence-corrected chi connectivity index (χ0v) is 14.2. The lowest BCUT2D eigenvalue weighted by atomic mass is 9.98. The molecule has 0 saturated heterocycles. The maximum atomic E-state index is 12.7. The van der Waals surface area contributed by atoms with Gasteiger partial charge in [-0.05, 0) is 53.9 Å². The van der Waals surface area contributed by atoms with E-state index in [-0.39, 0.29) is 5.91 Å². The first-order chi connectivity index (χ1) is 12.0. The normalized spacial score (nSPS) is 13.1. The molecular weight excluding hydrogens is 320 g/mol. The fourth-order valence-corrected chi connectivity index (χ4v) is 3.02. The van der Waals surface area contributed by atoms with E-state index in [9.17, 15) is 9.59 Å². The summed E-state index contributed by atoms with van der Waals surface area (Å²) in [5.74, 6) is 0.771. The molecular formula is C19H20N2O4. The number of ether oxygens (including phenoxy) is 2. The van der Waals surface area contributed by atoms with E-state index >= 15 is 0 Å². The van der Waals surface area contributed by atoms with Crippen molar-refractivity contribution < 1.29 is 19.1 Å². The van der Waals surface area contributed by atoms with Gasteiger partial charge in [-0.15, -0.1) is 0 Å². The second-order valence-corrected chi connectivity index (χ2v) is 5.89. The van der Waals surface area contributed by atoms with Crippen LogP contribution in [-0.4, -0.2) is 37.5 Å². The highest BCUT2D eigenvalue weighted by Gasteiger charge is 2.23. The van der Waals surface area contributed by atoms with Crippen molar-refractivity contribution in [3.8, 4) is 11.5 Å². The molecule has 6 nitrogen and oxygen atoms in total. The van der Waals surface area contributed by atoms with Crippen molar-refractivity contribution >= 4 is 11.8 Å². The maximum Gasteiger partial charge on any atom is 0.254 e. The molecule has 0 aliphatic carbocycles. The Morgan fingerprint density at radius 2 is 1.52 bits per heavy atom. The number of hydrogen-bond acceptors (Lipinski definition) is 4. The number of primary amides is 1. The minimum atomic E-state index is -0.507. The van der Waals surface area contributed by atoms with Gasteiger partial charge in [0.2, 0.25) is 5.91 Å². The molecule has 6 heteroatoms. The molecule has 0 unspecified atom stereocenters. The topological polar surface area (TPSA) is 81.9 Å². The van der Waals surface area contributed by atoms with Crippen LogP contribution in [0.5, 0.6) is 11.5 Å². The molecule has 1 aliphatic heterocycles. The number of benzene rings is 2. The summed E-state index contributed by atoms with van der Waals surface area (Å²) in [7, 11) is 3.20. The Balaban J connectivity index is 1.82. The zero-order valence-electron chi connectivity index (χ0n) is 14.2. The molecule has 2 aromatic carbocycles. The standard InChI is InChI=1S/C19H20N2O4/c1-24-16-9-14-7-8-21(11-15(14)10-17(16)25-2)19(23)13-5-3-12(4-6-13)18(20)22/h3-6,9-10H,7-8,11H2,1-2H3,(H2,20,22). The molecule has 0 bridgehead atoms. The van der Waals surface area contributed by atoms with E-state index in [4.69, 9.17) is 15.2 Å². The molecule has 1 heterocycles. The summed E-state index contributed by atoms with van der Waals surface area (Å²) in [6.07, 6.45) is 0.751. The van der Waals surface area contributed by atoms with Crippen LogP contribution < -0.4 is 15.2 Å². The number of carbonyl (C=O) groups excluding carboxylic acids is 2. The molecule has 130 valence electrons. The van der Waals surface area contributed by atoms with Gasteiger partial charge >= 0.3 is 0 Å². The molecule has 0 saturated carbocycles. The average molecular weight is 340 g/mol. The van der Waals surface area contributed by atoms with E-state index in [0.717, 1.165) is 17.5 Å². The highest BCUT2D eigenvalue weighted by molar-refractivity contribution is 5.97. The Morgan fingerprint density at radius 1 is 0.960 bits per heavy atom. The average Bonchev–Trinajstić information content (AvgIpc) is 2.65. The largest absolute Gasteiger partial charge is 0.493 e. The number of nitrogens with zero attached hydrogens (tertiary/aromatic N) is 1. The quantitative estimate of drug-likeness (QED) is 0.923. The summed E-state index contributed by atoms with van der Waals surface area (Å²) in [5, 5.41) is 0. The van der Waals surface area contributed by atoms with Crippen molar-refractivity contribution in [3.05, 3.63) is 58.7 Å². The van der Waals surface area contributed by atoms with Gasteiger partial charge in [0.1, 0.15) is 0 Å². The molecule has 0 spiro atoms.